The minimum absolute atomic E-state index is 0.0686. The molecular formula is C14H25N3O. The van der Waals surface area contributed by atoms with E-state index >= 15 is 0 Å². The second kappa shape index (κ2) is 7.08. The van der Waals surface area contributed by atoms with Crippen molar-refractivity contribution in [3.05, 3.63) is 0 Å². The fourth-order valence-electron chi connectivity index (χ4n) is 2.87. The first-order valence-electron chi connectivity index (χ1n) is 7.27. The highest BCUT2D eigenvalue weighted by Crippen LogP contribution is 2.17. The summed E-state index contributed by atoms with van der Waals surface area (Å²) in [5.74, 6) is 0. The Hall–Kier alpha value is -0.630. The van der Waals surface area contributed by atoms with E-state index < -0.39 is 0 Å². The average Bonchev–Trinajstić information content (AvgIpc) is 2.92. The lowest BCUT2D eigenvalue weighted by atomic mass is 10.1. The highest BCUT2D eigenvalue weighted by Gasteiger charge is 2.21. The van der Waals surface area contributed by atoms with Gasteiger partial charge in [-0.2, -0.15) is 5.26 Å². The van der Waals surface area contributed by atoms with Crippen LogP contribution in [-0.2, 0) is 4.74 Å². The van der Waals surface area contributed by atoms with Crippen LogP contribution in [0.3, 0.4) is 0 Å². The summed E-state index contributed by atoms with van der Waals surface area (Å²) in [6.45, 7) is 8.44. The molecule has 0 saturated carbocycles. The number of hydrogen-bond donors (Lipinski definition) is 0. The van der Waals surface area contributed by atoms with Gasteiger partial charge in [-0.25, -0.2) is 0 Å². The molecule has 2 unspecified atom stereocenters. The van der Waals surface area contributed by atoms with E-state index in [9.17, 15) is 0 Å². The molecule has 2 atom stereocenters. The Balaban J connectivity index is 1.57. The maximum atomic E-state index is 8.90. The third kappa shape index (κ3) is 3.94. The zero-order valence-corrected chi connectivity index (χ0v) is 11.5. The van der Waals surface area contributed by atoms with Gasteiger partial charge in [-0.05, 0) is 39.2 Å². The first-order chi connectivity index (χ1) is 8.79. The number of nitrogens with zero attached hydrogens (tertiary/aromatic N) is 3. The molecule has 0 radical (unpaired) electrons. The van der Waals surface area contributed by atoms with Gasteiger partial charge in [0, 0.05) is 32.8 Å². The van der Waals surface area contributed by atoms with Crippen molar-refractivity contribution in [3.63, 3.8) is 0 Å². The van der Waals surface area contributed by atoms with E-state index in [1.807, 2.05) is 6.92 Å². The predicted octanol–water partition coefficient (Wildman–Crippen LogP) is 1.48. The van der Waals surface area contributed by atoms with Gasteiger partial charge in [0.05, 0.1) is 18.2 Å². The Kier molecular flexibility index (Phi) is 5.43. The molecule has 4 heteroatoms. The Morgan fingerprint density at radius 3 is 2.72 bits per heavy atom. The monoisotopic (exact) mass is 251 g/mol. The highest BCUT2D eigenvalue weighted by molar-refractivity contribution is 4.90. The van der Waals surface area contributed by atoms with E-state index in [1.54, 1.807) is 0 Å². The first-order valence-corrected chi connectivity index (χ1v) is 7.27. The Morgan fingerprint density at radius 2 is 2.11 bits per heavy atom. The van der Waals surface area contributed by atoms with E-state index in [0.29, 0.717) is 6.10 Å². The SMILES string of the molecule is CC(C#N)N1CCN(CCCC2CCCO2)CC1. The van der Waals surface area contributed by atoms with E-state index in [1.165, 1.54) is 32.2 Å². The fourth-order valence-corrected chi connectivity index (χ4v) is 2.87. The highest BCUT2D eigenvalue weighted by atomic mass is 16.5. The molecule has 0 aromatic carbocycles. The van der Waals surface area contributed by atoms with Crippen molar-refractivity contribution in [2.75, 3.05) is 39.3 Å². The molecule has 0 amide bonds. The van der Waals surface area contributed by atoms with Gasteiger partial charge in [0.2, 0.25) is 0 Å². The van der Waals surface area contributed by atoms with Crippen molar-refractivity contribution in [3.8, 4) is 6.07 Å². The van der Waals surface area contributed by atoms with Crippen LogP contribution in [0.4, 0.5) is 0 Å². The number of ether oxygens (including phenoxy) is 1. The maximum Gasteiger partial charge on any atom is 0.0950 e. The van der Waals surface area contributed by atoms with Crippen LogP contribution in [0.25, 0.3) is 0 Å². The molecule has 4 nitrogen and oxygen atoms in total. The van der Waals surface area contributed by atoms with Crippen molar-refractivity contribution < 1.29 is 4.74 Å². The van der Waals surface area contributed by atoms with Gasteiger partial charge in [0.15, 0.2) is 0 Å². The summed E-state index contributed by atoms with van der Waals surface area (Å²) < 4.78 is 5.64. The van der Waals surface area contributed by atoms with Crippen molar-refractivity contribution >= 4 is 0 Å². The fraction of sp³-hybridized carbons (Fsp3) is 0.929. The number of hydrogen-bond acceptors (Lipinski definition) is 4. The molecule has 0 spiro atoms. The van der Waals surface area contributed by atoms with E-state index in [-0.39, 0.29) is 6.04 Å². The second-order valence-electron chi connectivity index (χ2n) is 5.46. The summed E-state index contributed by atoms with van der Waals surface area (Å²) in [6, 6.07) is 2.39. The molecule has 2 aliphatic heterocycles. The van der Waals surface area contributed by atoms with Crippen LogP contribution < -0.4 is 0 Å². The smallest absolute Gasteiger partial charge is 0.0950 e. The summed E-state index contributed by atoms with van der Waals surface area (Å²) in [4.78, 5) is 4.80. The minimum atomic E-state index is 0.0686. The molecule has 0 aromatic heterocycles. The van der Waals surface area contributed by atoms with Gasteiger partial charge in [0.25, 0.3) is 0 Å². The molecule has 18 heavy (non-hydrogen) atoms. The van der Waals surface area contributed by atoms with Crippen LogP contribution >= 0.6 is 0 Å². The van der Waals surface area contributed by atoms with Gasteiger partial charge in [-0.1, -0.05) is 0 Å². The van der Waals surface area contributed by atoms with Crippen LogP contribution in [0, 0.1) is 11.3 Å². The third-order valence-electron chi connectivity index (χ3n) is 4.17. The van der Waals surface area contributed by atoms with Gasteiger partial charge in [-0.15, -0.1) is 0 Å². The molecule has 2 fully saturated rings. The number of nitriles is 1. The summed E-state index contributed by atoms with van der Waals surface area (Å²) >= 11 is 0. The van der Waals surface area contributed by atoms with E-state index in [4.69, 9.17) is 10.00 Å². The molecule has 2 heterocycles. The van der Waals surface area contributed by atoms with Crippen molar-refractivity contribution in [2.45, 2.75) is 44.8 Å². The minimum Gasteiger partial charge on any atom is -0.378 e. The van der Waals surface area contributed by atoms with E-state index in [2.05, 4.69) is 15.9 Å². The average molecular weight is 251 g/mol. The zero-order valence-electron chi connectivity index (χ0n) is 11.5. The topological polar surface area (TPSA) is 39.5 Å². The summed E-state index contributed by atoms with van der Waals surface area (Å²) in [7, 11) is 0. The van der Waals surface area contributed by atoms with Crippen LogP contribution in [0.1, 0.15) is 32.6 Å². The summed E-state index contributed by atoms with van der Waals surface area (Å²) in [5, 5.41) is 8.90. The molecule has 0 aliphatic carbocycles. The molecule has 102 valence electrons. The Bertz CT molecular complexity index is 275. The number of rotatable bonds is 5. The van der Waals surface area contributed by atoms with Crippen LogP contribution in [0.5, 0.6) is 0 Å². The van der Waals surface area contributed by atoms with Crippen LogP contribution in [0.2, 0.25) is 0 Å². The van der Waals surface area contributed by atoms with Gasteiger partial charge < -0.3 is 9.64 Å². The largest absolute Gasteiger partial charge is 0.378 e. The predicted molar refractivity (Wildman–Crippen MR) is 71.3 cm³/mol. The zero-order chi connectivity index (χ0) is 12.8. The lowest BCUT2D eigenvalue weighted by Crippen LogP contribution is -2.49. The van der Waals surface area contributed by atoms with E-state index in [0.717, 1.165) is 32.8 Å². The lowest BCUT2D eigenvalue weighted by molar-refractivity contribution is 0.0890. The molecule has 0 bridgehead atoms. The molecule has 2 aliphatic rings. The molecule has 0 aromatic rings. The van der Waals surface area contributed by atoms with Crippen molar-refractivity contribution in [1.82, 2.24) is 9.80 Å². The standard InChI is InChI=1S/C14H25N3O/c1-13(12-15)17-9-7-16(8-10-17)6-2-4-14-5-3-11-18-14/h13-14H,2-11H2,1H3. The first kappa shape index (κ1) is 13.8. The normalized spacial score (nSPS) is 28.1. The number of piperazine rings is 1. The molecule has 0 N–H and O–H groups in total. The van der Waals surface area contributed by atoms with Crippen LogP contribution in [-0.4, -0.2) is 61.3 Å². The van der Waals surface area contributed by atoms with Crippen molar-refractivity contribution in [2.24, 2.45) is 0 Å². The Morgan fingerprint density at radius 1 is 1.33 bits per heavy atom. The van der Waals surface area contributed by atoms with Gasteiger partial charge >= 0.3 is 0 Å². The maximum absolute atomic E-state index is 8.90. The molecular weight excluding hydrogens is 226 g/mol. The van der Waals surface area contributed by atoms with Gasteiger partial charge in [-0.3, -0.25) is 4.90 Å². The quantitative estimate of drug-likeness (QED) is 0.742. The van der Waals surface area contributed by atoms with Crippen LogP contribution in [0.15, 0.2) is 0 Å². The second-order valence-corrected chi connectivity index (χ2v) is 5.46. The molecule has 2 saturated heterocycles. The van der Waals surface area contributed by atoms with Crippen molar-refractivity contribution in [1.29, 1.82) is 5.26 Å². The third-order valence-corrected chi connectivity index (χ3v) is 4.17. The summed E-state index contributed by atoms with van der Waals surface area (Å²) in [6.07, 6.45) is 5.50. The lowest BCUT2D eigenvalue weighted by Gasteiger charge is -2.35. The van der Waals surface area contributed by atoms with Gasteiger partial charge in [0.1, 0.15) is 0 Å². The molecule has 2 rings (SSSR count). The summed E-state index contributed by atoms with van der Waals surface area (Å²) in [5.41, 5.74) is 0. The Labute approximate surface area is 110 Å².